The summed E-state index contributed by atoms with van der Waals surface area (Å²) in [6, 6.07) is 11.0. The molecule has 0 aliphatic carbocycles. The van der Waals surface area contributed by atoms with E-state index in [0.717, 1.165) is 11.3 Å². The fraction of sp³-hybridized carbons (Fsp3) is 0.333. The quantitative estimate of drug-likeness (QED) is 0.909. The number of aryl methyl sites for hydroxylation is 1. The summed E-state index contributed by atoms with van der Waals surface area (Å²) in [7, 11) is -3.00. The molecule has 1 fully saturated rings. The van der Waals surface area contributed by atoms with Crippen LogP contribution in [0.1, 0.15) is 22.8 Å². The van der Waals surface area contributed by atoms with Gasteiger partial charge in [-0.15, -0.1) is 0 Å². The van der Waals surface area contributed by atoms with Crippen molar-refractivity contribution in [3.8, 4) is 0 Å². The van der Waals surface area contributed by atoms with Gasteiger partial charge in [0.25, 0.3) is 5.91 Å². The summed E-state index contributed by atoms with van der Waals surface area (Å²) in [6.07, 6.45) is 1.52. The van der Waals surface area contributed by atoms with E-state index in [1.165, 1.54) is 6.20 Å². The number of nitrogens with one attached hydrogen (secondary N) is 1. The first-order chi connectivity index (χ1) is 11.8. The fourth-order valence-corrected chi connectivity index (χ4v) is 3.99. The van der Waals surface area contributed by atoms with Crippen molar-refractivity contribution in [1.29, 1.82) is 0 Å². The molecule has 0 radical (unpaired) electrons. The third-order valence-corrected chi connectivity index (χ3v) is 6.51. The van der Waals surface area contributed by atoms with Crippen molar-refractivity contribution in [1.82, 2.24) is 4.98 Å². The highest BCUT2D eigenvalue weighted by molar-refractivity contribution is 7.92. The number of amides is 1. The molecule has 2 aromatic rings. The topological polar surface area (TPSA) is 79.4 Å². The second-order valence-electron chi connectivity index (χ2n) is 6.35. The van der Waals surface area contributed by atoms with Crippen LogP contribution in [0.2, 0.25) is 0 Å². The lowest BCUT2D eigenvalue weighted by Crippen LogP contribution is -2.45. The van der Waals surface area contributed by atoms with E-state index in [4.69, 9.17) is 0 Å². The zero-order chi connectivity index (χ0) is 18.0. The minimum atomic E-state index is -3.00. The summed E-state index contributed by atoms with van der Waals surface area (Å²) in [4.78, 5) is 18.5. The molecule has 0 spiro atoms. The summed E-state index contributed by atoms with van der Waals surface area (Å²) >= 11 is 0. The SMILES string of the molecule is Cc1ccc(NC(=O)c2ccc(N3CCS(=O)(=O)C(C)C3)nc2)cc1. The maximum absolute atomic E-state index is 12.3. The average Bonchev–Trinajstić information content (AvgIpc) is 2.59. The Bertz CT molecular complexity index is 861. The fourth-order valence-electron chi connectivity index (χ4n) is 2.71. The number of pyridine rings is 1. The third-order valence-electron chi connectivity index (χ3n) is 4.38. The first-order valence-corrected chi connectivity index (χ1v) is 9.87. The molecule has 1 unspecified atom stereocenters. The van der Waals surface area contributed by atoms with Crippen LogP contribution in [-0.2, 0) is 9.84 Å². The molecule has 1 aromatic heterocycles. The number of anilines is 2. The first kappa shape index (κ1) is 17.4. The first-order valence-electron chi connectivity index (χ1n) is 8.16. The average molecular weight is 359 g/mol. The molecule has 1 atom stereocenters. The van der Waals surface area contributed by atoms with Crippen molar-refractivity contribution >= 4 is 27.2 Å². The van der Waals surface area contributed by atoms with E-state index < -0.39 is 15.1 Å². The zero-order valence-corrected chi connectivity index (χ0v) is 15.1. The highest BCUT2D eigenvalue weighted by Gasteiger charge is 2.29. The molecule has 25 heavy (non-hydrogen) atoms. The molecule has 1 saturated heterocycles. The summed E-state index contributed by atoms with van der Waals surface area (Å²) < 4.78 is 23.6. The molecule has 1 aliphatic rings. The Morgan fingerprint density at radius 3 is 2.52 bits per heavy atom. The van der Waals surface area contributed by atoms with Crippen LogP contribution in [0.4, 0.5) is 11.5 Å². The summed E-state index contributed by atoms with van der Waals surface area (Å²) in [5, 5.41) is 2.42. The monoisotopic (exact) mass is 359 g/mol. The minimum Gasteiger partial charge on any atom is -0.354 e. The summed E-state index contributed by atoms with van der Waals surface area (Å²) in [5.41, 5.74) is 2.32. The smallest absolute Gasteiger partial charge is 0.257 e. The molecular weight excluding hydrogens is 338 g/mol. The lowest BCUT2D eigenvalue weighted by molar-refractivity contribution is 0.102. The number of hydrogen-bond donors (Lipinski definition) is 1. The number of carbonyl (C=O) groups excluding carboxylic acids is 1. The second kappa shape index (κ2) is 6.84. The lowest BCUT2D eigenvalue weighted by Gasteiger charge is -2.31. The molecule has 1 aliphatic heterocycles. The van der Waals surface area contributed by atoms with Crippen LogP contribution < -0.4 is 10.2 Å². The molecule has 6 nitrogen and oxygen atoms in total. The number of benzene rings is 1. The molecule has 7 heteroatoms. The largest absolute Gasteiger partial charge is 0.354 e. The van der Waals surface area contributed by atoms with Gasteiger partial charge in [0.15, 0.2) is 9.84 Å². The van der Waals surface area contributed by atoms with Crippen molar-refractivity contribution in [3.05, 3.63) is 53.7 Å². The Morgan fingerprint density at radius 2 is 1.92 bits per heavy atom. The summed E-state index contributed by atoms with van der Waals surface area (Å²) in [6.45, 7) is 4.55. The second-order valence-corrected chi connectivity index (χ2v) is 8.89. The van der Waals surface area contributed by atoms with Crippen LogP contribution in [0.3, 0.4) is 0 Å². The van der Waals surface area contributed by atoms with Crippen molar-refractivity contribution in [2.24, 2.45) is 0 Å². The Balaban J connectivity index is 1.68. The Hall–Kier alpha value is -2.41. The number of hydrogen-bond acceptors (Lipinski definition) is 5. The van der Waals surface area contributed by atoms with Gasteiger partial charge >= 0.3 is 0 Å². The third kappa shape index (κ3) is 3.99. The van der Waals surface area contributed by atoms with E-state index in [9.17, 15) is 13.2 Å². The highest BCUT2D eigenvalue weighted by Crippen LogP contribution is 2.19. The molecule has 1 N–H and O–H groups in total. The zero-order valence-electron chi connectivity index (χ0n) is 14.3. The highest BCUT2D eigenvalue weighted by atomic mass is 32.2. The van der Waals surface area contributed by atoms with Gasteiger partial charge in [0.1, 0.15) is 5.82 Å². The predicted molar refractivity (Wildman–Crippen MR) is 98.8 cm³/mol. The van der Waals surface area contributed by atoms with Gasteiger partial charge < -0.3 is 10.2 Å². The Kier molecular flexibility index (Phi) is 4.76. The van der Waals surface area contributed by atoms with E-state index in [1.807, 2.05) is 36.1 Å². The van der Waals surface area contributed by atoms with Crippen LogP contribution >= 0.6 is 0 Å². The molecule has 2 heterocycles. The molecule has 0 saturated carbocycles. The maximum atomic E-state index is 12.3. The van der Waals surface area contributed by atoms with Gasteiger partial charge in [-0.3, -0.25) is 4.79 Å². The number of nitrogens with zero attached hydrogens (tertiary/aromatic N) is 2. The van der Waals surface area contributed by atoms with Crippen molar-refractivity contribution < 1.29 is 13.2 Å². The molecule has 1 amide bonds. The van der Waals surface area contributed by atoms with Gasteiger partial charge in [-0.2, -0.15) is 0 Å². The van der Waals surface area contributed by atoms with E-state index in [2.05, 4.69) is 10.3 Å². The van der Waals surface area contributed by atoms with Crippen LogP contribution in [0.25, 0.3) is 0 Å². The minimum absolute atomic E-state index is 0.130. The van der Waals surface area contributed by atoms with Crippen LogP contribution in [0.15, 0.2) is 42.6 Å². The standard InChI is InChI=1S/C18H21N3O3S/c1-13-3-6-16(7-4-13)20-18(22)15-5-8-17(19-11-15)21-9-10-25(23,24)14(2)12-21/h3-8,11,14H,9-10,12H2,1-2H3,(H,20,22). The van der Waals surface area contributed by atoms with E-state index >= 15 is 0 Å². The van der Waals surface area contributed by atoms with Crippen molar-refractivity contribution in [2.75, 3.05) is 29.1 Å². The van der Waals surface area contributed by atoms with Gasteiger partial charge in [-0.1, -0.05) is 17.7 Å². The molecule has 132 valence electrons. The van der Waals surface area contributed by atoms with Gasteiger partial charge in [0.05, 0.1) is 16.6 Å². The molecular formula is C18H21N3O3S. The molecule has 1 aromatic carbocycles. The number of rotatable bonds is 3. The van der Waals surface area contributed by atoms with E-state index in [1.54, 1.807) is 19.1 Å². The van der Waals surface area contributed by atoms with Gasteiger partial charge in [0.2, 0.25) is 0 Å². The van der Waals surface area contributed by atoms with Gasteiger partial charge in [-0.05, 0) is 38.1 Å². The van der Waals surface area contributed by atoms with Crippen LogP contribution in [-0.4, -0.2) is 43.4 Å². The van der Waals surface area contributed by atoms with Crippen molar-refractivity contribution in [2.45, 2.75) is 19.1 Å². The Morgan fingerprint density at radius 1 is 1.20 bits per heavy atom. The Labute approximate surface area is 147 Å². The van der Waals surface area contributed by atoms with E-state index in [0.29, 0.717) is 24.5 Å². The summed E-state index contributed by atoms with van der Waals surface area (Å²) in [5.74, 6) is 0.594. The molecule has 0 bridgehead atoms. The van der Waals surface area contributed by atoms with Gasteiger partial charge in [0, 0.05) is 25.0 Å². The normalized spacial score (nSPS) is 19.4. The van der Waals surface area contributed by atoms with Crippen LogP contribution in [0, 0.1) is 6.92 Å². The lowest BCUT2D eigenvalue weighted by atomic mass is 10.2. The number of aromatic nitrogens is 1. The predicted octanol–water partition coefficient (Wildman–Crippen LogP) is 2.27. The van der Waals surface area contributed by atoms with Gasteiger partial charge in [-0.25, -0.2) is 13.4 Å². The molecule has 3 rings (SSSR count). The maximum Gasteiger partial charge on any atom is 0.257 e. The number of carbonyl (C=O) groups is 1. The van der Waals surface area contributed by atoms with Crippen LogP contribution in [0.5, 0.6) is 0 Å². The van der Waals surface area contributed by atoms with Crippen molar-refractivity contribution in [3.63, 3.8) is 0 Å². The van der Waals surface area contributed by atoms with E-state index in [-0.39, 0.29) is 11.7 Å². The number of sulfone groups is 1.